The van der Waals surface area contributed by atoms with E-state index in [0.717, 1.165) is 16.9 Å². The highest BCUT2D eigenvalue weighted by Gasteiger charge is 2.00. The zero-order chi connectivity index (χ0) is 15.8. The third-order valence-electron chi connectivity index (χ3n) is 3.13. The highest BCUT2D eigenvalue weighted by molar-refractivity contribution is 5.64. The van der Waals surface area contributed by atoms with Crippen LogP contribution in [0.2, 0.25) is 0 Å². The molecule has 2 aromatic rings. The molecule has 116 valence electrons. The summed E-state index contributed by atoms with van der Waals surface area (Å²) in [5.41, 5.74) is 2.08. The van der Waals surface area contributed by atoms with E-state index in [2.05, 4.69) is 0 Å². The Labute approximate surface area is 130 Å². The van der Waals surface area contributed by atoms with Gasteiger partial charge in [0.1, 0.15) is 23.9 Å². The quantitative estimate of drug-likeness (QED) is 0.824. The van der Waals surface area contributed by atoms with Gasteiger partial charge in [-0.3, -0.25) is 0 Å². The maximum absolute atomic E-state index is 8.90. The molecule has 2 N–H and O–H groups in total. The van der Waals surface area contributed by atoms with Crippen molar-refractivity contribution in [2.24, 2.45) is 0 Å². The molecular weight excluding hydrogens is 280 g/mol. The average molecular weight is 300 g/mol. The molecule has 4 heteroatoms. The van der Waals surface area contributed by atoms with Gasteiger partial charge in [0.05, 0.1) is 13.2 Å². The lowest BCUT2D eigenvalue weighted by molar-refractivity contribution is 0.201. The van der Waals surface area contributed by atoms with E-state index >= 15 is 0 Å². The van der Waals surface area contributed by atoms with Crippen LogP contribution in [0.1, 0.15) is 12.5 Å². The first-order chi connectivity index (χ1) is 10.7. The summed E-state index contributed by atoms with van der Waals surface area (Å²) in [6, 6.07) is 14.9. The minimum Gasteiger partial charge on any atom is -0.491 e. The molecule has 0 heterocycles. The van der Waals surface area contributed by atoms with E-state index in [4.69, 9.17) is 19.7 Å². The van der Waals surface area contributed by atoms with Gasteiger partial charge in [0.15, 0.2) is 0 Å². The van der Waals surface area contributed by atoms with Gasteiger partial charge in [-0.1, -0.05) is 18.2 Å². The number of aliphatic hydroxyl groups excluding tert-OH is 2. The van der Waals surface area contributed by atoms with E-state index in [1.54, 1.807) is 18.2 Å². The maximum Gasteiger partial charge on any atom is 0.127 e. The molecule has 0 amide bonds. The van der Waals surface area contributed by atoms with Gasteiger partial charge in [-0.2, -0.15) is 0 Å². The first-order valence-electron chi connectivity index (χ1n) is 7.12. The van der Waals surface area contributed by atoms with Crippen LogP contribution in [0.4, 0.5) is 0 Å². The minimum absolute atomic E-state index is 0.00521. The van der Waals surface area contributed by atoms with Crippen molar-refractivity contribution in [1.82, 2.24) is 0 Å². The Balaban J connectivity index is 2.00. The number of allylic oxidation sites excluding steroid dienone is 1. The minimum atomic E-state index is -0.00521. The van der Waals surface area contributed by atoms with Crippen LogP contribution in [-0.4, -0.2) is 30.0 Å². The van der Waals surface area contributed by atoms with Crippen LogP contribution >= 0.6 is 0 Å². The molecule has 0 aliphatic rings. The standard InChI is InChI=1S/C18H20O4/c1-14(10-11-19)15-2-4-17(5-3-15)22-18-8-6-16(7-9-18)21-13-12-20/h2-10,19-20H,11-13H2,1H3. The van der Waals surface area contributed by atoms with Crippen molar-refractivity contribution < 1.29 is 19.7 Å². The average Bonchev–Trinajstić information content (AvgIpc) is 2.55. The molecule has 0 fully saturated rings. The van der Waals surface area contributed by atoms with Gasteiger partial charge < -0.3 is 19.7 Å². The fourth-order valence-corrected chi connectivity index (χ4v) is 1.94. The van der Waals surface area contributed by atoms with Crippen LogP contribution in [0.5, 0.6) is 17.2 Å². The smallest absolute Gasteiger partial charge is 0.127 e. The molecule has 0 unspecified atom stereocenters. The number of ether oxygens (including phenoxy) is 2. The molecule has 0 aromatic heterocycles. The molecular formula is C18H20O4. The molecule has 0 atom stereocenters. The van der Waals surface area contributed by atoms with Crippen molar-refractivity contribution in [3.05, 3.63) is 60.2 Å². The molecule has 2 aromatic carbocycles. The largest absolute Gasteiger partial charge is 0.491 e. The van der Waals surface area contributed by atoms with Crippen LogP contribution < -0.4 is 9.47 Å². The summed E-state index contributed by atoms with van der Waals surface area (Å²) in [6.45, 7) is 2.27. The third-order valence-corrected chi connectivity index (χ3v) is 3.13. The summed E-state index contributed by atoms with van der Waals surface area (Å²) in [7, 11) is 0. The third kappa shape index (κ3) is 4.62. The van der Waals surface area contributed by atoms with Crippen molar-refractivity contribution >= 4 is 5.57 Å². The van der Waals surface area contributed by atoms with Crippen LogP contribution in [0.3, 0.4) is 0 Å². The van der Waals surface area contributed by atoms with Crippen molar-refractivity contribution in [2.45, 2.75) is 6.92 Å². The Morgan fingerprint density at radius 1 is 0.909 bits per heavy atom. The number of rotatable bonds is 7. The van der Waals surface area contributed by atoms with Gasteiger partial charge in [-0.25, -0.2) is 0 Å². The second-order valence-corrected chi connectivity index (χ2v) is 4.74. The molecule has 0 aliphatic carbocycles. The number of benzene rings is 2. The Morgan fingerprint density at radius 3 is 2.00 bits per heavy atom. The van der Waals surface area contributed by atoms with E-state index in [9.17, 15) is 0 Å². The lowest BCUT2D eigenvalue weighted by Gasteiger charge is -2.08. The van der Waals surface area contributed by atoms with Crippen LogP contribution in [0, 0.1) is 0 Å². The second-order valence-electron chi connectivity index (χ2n) is 4.74. The van der Waals surface area contributed by atoms with Crippen molar-refractivity contribution in [1.29, 1.82) is 0 Å². The first kappa shape index (κ1) is 16.1. The Bertz CT molecular complexity index is 600. The Kier molecular flexibility index (Phi) is 6.01. The molecule has 22 heavy (non-hydrogen) atoms. The number of hydrogen-bond donors (Lipinski definition) is 2. The molecule has 0 spiro atoms. The molecule has 0 bridgehead atoms. The van der Waals surface area contributed by atoms with E-state index in [-0.39, 0.29) is 19.8 Å². The highest BCUT2D eigenvalue weighted by atomic mass is 16.5. The van der Waals surface area contributed by atoms with E-state index in [1.807, 2.05) is 43.3 Å². The van der Waals surface area contributed by atoms with Gasteiger partial charge in [-0.15, -0.1) is 0 Å². The summed E-state index contributed by atoms with van der Waals surface area (Å²) in [6.07, 6.45) is 1.76. The van der Waals surface area contributed by atoms with E-state index in [0.29, 0.717) is 11.5 Å². The Hall–Kier alpha value is -2.30. The van der Waals surface area contributed by atoms with Crippen molar-refractivity contribution in [3.8, 4) is 17.2 Å². The summed E-state index contributed by atoms with van der Waals surface area (Å²) < 4.78 is 11.1. The lowest BCUT2D eigenvalue weighted by atomic mass is 10.1. The summed E-state index contributed by atoms with van der Waals surface area (Å²) in [4.78, 5) is 0. The van der Waals surface area contributed by atoms with Crippen LogP contribution in [0.15, 0.2) is 54.6 Å². The second kappa shape index (κ2) is 8.22. The molecule has 0 aliphatic heterocycles. The summed E-state index contributed by atoms with van der Waals surface area (Å²) in [5.74, 6) is 2.15. The fourth-order valence-electron chi connectivity index (χ4n) is 1.94. The molecule has 4 nitrogen and oxygen atoms in total. The summed E-state index contributed by atoms with van der Waals surface area (Å²) in [5, 5.41) is 17.6. The van der Waals surface area contributed by atoms with Gasteiger partial charge in [0, 0.05) is 0 Å². The summed E-state index contributed by atoms with van der Waals surface area (Å²) >= 11 is 0. The number of aliphatic hydroxyl groups is 2. The number of hydrogen-bond acceptors (Lipinski definition) is 4. The highest BCUT2D eigenvalue weighted by Crippen LogP contribution is 2.25. The van der Waals surface area contributed by atoms with Crippen LogP contribution in [-0.2, 0) is 0 Å². The molecule has 0 saturated heterocycles. The zero-order valence-electron chi connectivity index (χ0n) is 12.5. The molecule has 0 saturated carbocycles. The van der Waals surface area contributed by atoms with Gasteiger partial charge in [0.25, 0.3) is 0 Å². The van der Waals surface area contributed by atoms with Gasteiger partial charge in [0.2, 0.25) is 0 Å². The van der Waals surface area contributed by atoms with Crippen molar-refractivity contribution in [3.63, 3.8) is 0 Å². The van der Waals surface area contributed by atoms with Crippen LogP contribution in [0.25, 0.3) is 5.57 Å². The predicted octanol–water partition coefficient (Wildman–Crippen LogP) is 3.25. The van der Waals surface area contributed by atoms with Crippen molar-refractivity contribution in [2.75, 3.05) is 19.8 Å². The maximum atomic E-state index is 8.90. The normalized spacial score (nSPS) is 11.3. The SMILES string of the molecule is CC(=CCO)c1ccc(Oc2ccc(OCCO)cc2)cc1. The Morgan fingerprint density at radius 2 is 1.45 bits per heavy atom. The van der Waals surface area contributed by atoms with Gasteiger partial charge >= 0.3 is 0 Å². The molecule has 2 rings (SSSR count). The predicted molar refractivity (Wildman–Crippen MR) is 86.3 cm³/mol. The first-order valence-corrected chi connectivity index (χ1v) is 7.12. The van der Waals surface area contributed by atoms with E-state index in [1.165, 1.54) is 0 Å². The van der Waals surface area contributed by atoms with Gasteiger partial charge in [-0.05, 0) is 54.5 Å². The topological polar surface area (TPSA) is 58.9 Å². The molecule has 0 radical (unpaired) electrons. The van der Waals surface area contributed by atoms with E-state index < -0.39 is 0 Å². The monoisotopic (exact) mass is 300 g/mol. The zero-order valence-corrected chi connectivity index (χ0v) is 12.5. The lowest BCUT2D eigenvalue weighted by Crippen LogP contribution is -2.01. The fraction of sp³-hybridized carbons (Fsp3) is 0.222.